The van der Waals surface area contributed by atoms with E-state index in [1.54, 1.807) is 30.3 Å². The maximum absolute atomic E-state index is 14.1. The molecule has 3 nitrogen and oxygen atoms in total. The molecule has 3 aromatic rings. The third-order valence-corrected chi connectivity index (χ3v) is 3.90. The summed E-state index contributed by atoms with van der Waals surface area (Å²) in [7, 11) is 0. The minimum absolute atomic E-state index is 0.289. The second-order valence-corrected chi connectivity index (χ2v) is 5.97. The first kappa shape index (κ1) is 14.5. The normalized spacial score (nSPS) is 10.9. The summed E-state index contributed by atoms with van der Waals surface area (Å²) < 4.78 is 16.1. The maximum Gasteiger partial charge on any atom is 0.164 e. The van der Waals surface area contributed by atoms with E-state index in [9.17, 15) is 4.39 Å². The molecule has 0 amide bonds. The Kier molecular flexibility index (Phi) is 3.97. The molecule has 2 aromatic carbocycles. The Morgan fingerprint density at radius 1 is 1.10 bits per heavy atom. The molecule has 0 saturated heterocycles. The van der Waals surface area contributed by atoms with E-state index >= 15 is 0 Å². The minimum Gasteiger partial charge on any atom is -0.215 e. The van der Waals surface area contributed by atoms with Gasteiger partial charge in [-0.05, 0) is 36.4 Å². The van der Waals surface area contributed by atoms with Crippen LogP contribution in [0.15, 0.2) is 47.2 Å². The Morgan fingerprint density at radius 3 is 2.62 bits per heavy atom. The van der Waals surface area contributed by atoms with E-state index in [0.717, 1.165) is 0 Å². The average Bonchev–Trinajstić information content (AvgIpc) is 2.87. The predicted octanol–water partition coefficient (Wildman–Crippen LogP) is 5.14. The molecule has 0 N–H and O–H groups in total. The number of benzene rings is 2. The molecule has 0 unspecified atom stereocenters. The summed E-state index contributed by atoms with van der Waals surface area (Å²) in [5, 5.41) is 5.02. The van der Waals surface area contributed by atoms with Crippen LogP contribution in [0.3, 0.4) is 0 Å². The molecule has 106 valence electrons. The molecule has 0 atom stereocenters. The van der Waals surface area contributed by atoms with Crippen LogP contribution < -0.4 is 0 Å². The van der Waals surface area contributed by atoms with Gasteiger partial charge in [-0.3, -0.25) is 0 Å². The van der Waals surface area contributed by atoms with Gasteiger partial charge in [0, 0.05) is 15.1 Å². The van der Waals surface area contributed by atoms with Crippen molar-refractivity contribution in [2.24, 2.45) is 0 Å². The van der Waals surface area contributed by atoms with Gasteiger partial charge in [-0.15, -0.1) is 0 Å². The first-order valence-corrected chi connectivity index (χ1v) is 7.42. The molecule has 0 radical (unpaired) electrons. The van der Waals surface area contributed by atoms with E-state index in [4.69, 9.17) is 23.2 Å². The van der Waals surface area contributed by atoms with Crippen LogP contribution in [-0.4, -0.2) is 14.8 Å². The van der Waals surface area contributed by atoms with Crippen molar-refractivity contribution in [3.63, 3.8) is 0 Å². The van der Waals surface area contributed by atoms with Gasteiger partial charge < -0.3 is 0 Å². The lowest BCUT2D eigenvalue weighted by molar-refractivity contribution is 0.610. The molecule has 0 fully saturated rings. The summed E-state index contributed by atoms with van der Waals surface area (Å²) in [4.78, 5) is 4.16. The molecule has 21 heavy (non-hydrogen) atoms. The SMILES string of the molecule is Fc1cc(Br)ccc1-n1ncnc1-c1ccc(Cl)cc1Cl. The lowest BCUT2D eigenvalue weighted by atomic mass is 10.2. The molecule has 3 rings (SSSR count). The maximum atomic E-state index is 14.1. The summed E-state index contributed by atoms with van der Waals surface area (Å²) in [6.07, 6.45) is 1.35. The number of aromatic nitrogens is 3. The van der Waals surface area contributed by atoms with Crippen LogP contribution in [0.5, 0.6) is 0 Å². The summed E-state index contributed by atoms with van der Waals surface area (Å²) in [6, 6.07) is 9.73. The molecule has 0 aliphatic rings. The van der Waals surface area contributed by atoms with E-state index in [2.05, 4.69) is 26.0 Å². The molecule has 0 bridgehead atoms. The summed E-state index contributed by atoms with van der Waals surface area (Å²) in [5.74, 6) is 0.0269. The first-order valence-electron chi connectivity index (χ1n) is 5.87. The van der Waals surface area contributed by atoms with Crippen molar-refractivity contribution in [2.75, 3.05) is 0 Å². The number of hydrogen-bond donors (Lipinski definition) is 0. The van der Waals surface area contributed by atoms with Crippen molar-refractivity contribution in [1.29, 1.82) is 0 Å². The Balaban J connectivity index is 2.17. The van der Waals surface area contributed by atoms with Gasteiger partial charge in [-0.1, -0.05) is 39.1 Å². The number of nitrogens with zero attached hydrogens (tertiary/aromatic N) is 3. The minimum atomic E-state index is -0.416. The Morgan fingerprint density at radius 2 is 1.90 bits per heavy atom. The van der Waals surface area contributed by atoms with E-state index < -0.39 is 5.82 Å². The summed E-state index contributed by atoms with van der Waals surface area (Å²) in [5.41, 5.74) is 0.914. The highest BCUT2D eigenvalue weighted by Crippen LogP contribution is 2.30. The van der Waals surface area contributed by atoms with Crippen LogP contribution in [0.25, 0.3) is 17.1 Å². The zero-order valence-electron chi connectivity index (χ0n) is 10.4. The Bertz CT molecular complexity index is 754. The van der Waals surface area contributed by atoms with Crippen LogP contribution in [0, 0.1) is 5.82 Å². The Hall–Kier alpha value is -1.43. The molecule has 0 aliphatic carbocycles. The van der Waals surface area contributed by atoms with E-state index in [-0.39, 0.29) is 5.69 Å². The van der Waals surface area contributed by atoms with Gasteiger partial charge in [0.2, 0.25) is 0 Å². The fourth-order valence-electron chi connectivity index (χ4n) is 1.93. The van der Waals surface area contributed by atoms with Crippen molar-refractivity contribution in [3.8, 4) is 17.1 Å². The van der Waals surface area contributed by atoms with Gasteiger partial charge in [0.15, 0.2) is 5.82 Å². The van der Waals surface area contributed by atoms with Crippen molar-refractivity contribution < 1.29 is 4.39 Å². The van der Waals surface area contributed by atoms with Crippen LogP contribution in [0.4, 0.5) is 4.39 Å². The van der Waals surface area contributed by atoms with Crippen molar-refractivity contribution in [2.45, 2.75) is 0 Å². The fourth-order valence-corrected chi connectivity index (χ4v) is 2.75. The van der Waals surface area contributed by atoms with Gasteiger partial charge in [0.1, 0.15) is 17.8 Å². The molecular formula is C14H7BrCl2FN3. The second-order valence-electron chi connectivity index (χ2n) is 4.22. The van der Waals surface area contributed by atoms with Crippen LogP contribution >= 0.6 is 39.1 Å². The fraction of sp³-hybridized carbons (Fsp3) is 0. The van der Waals surface area contributed by atoms with Gasteiger partial charge in [0.25, 0.3) is 0 Å². The van der Waals surface area contributed by atoms with Crippen LogP contribution in [-0.2, 0) is 0 Å². The van der Waals surface area contributed by atoms with Crippen LogP contribution in [0.1, 0.15) is 0 Å². The van der Waals surface area contributed by atoms with E-state index in [0.29, 0.717) is 25.9 Å². The highest BCUT2D eigenvalue weighted by atomic mass is 79.9. The molecule has 1 heterocycles. The second kappa shape index (κ2) is 5.75. The van der Waals surface area contributed by atoms with Crippen molar-refractivity contribution in [1.82, 2.24) is 14.8 Å². The lowest BCUT2D eigenvalue weighted by Gasteiger charge is -2.09. The molecular weight excluding hydrogens is 380 g/mol. The predicted molar refractivity (Wildman–Crippen MR) is 84.5 cm³/mol. The Labute approximate surface area is 138 Å². The quantitative estimate of drug-likeness (QED) is 0.610. The van der Waals surface area contributed by atoms with Gasteiger partial charge in [0.05, 0.1) is 5.02 Å². The summed E-state index contributed by atoms with van der Waals surface area (Å²) >= 11 is 15.3. The van der Waals surface area contributed by atoms with Gasteiger partial charge in [-0.25, -0.2) is 14.1 Å². The third-order valence-electron chi connectivity index (χ3n) is 2.86. The molecule has 0 spiro atoms. The lowest BCUT2D eigenvalue weighted by Crippen LogP contribution is -2.02. The standard InChI is InChI=1S/C14H7BrCl2FN3/c15-8-1-4-13(12(18)5-8)21-14(19-7-20-21)10-3-2-9(16)6-11(10)17/h1-7H. The topological polar surface area (TPSA) is 30.7 Å². The average molecular weight is 387 g/mol. The van der Waals surface area contributed by atoms with Crippen molar-refractivity contribution in [3.05, 3.63) is 63.1 Å². The zero-order chi connectivity index (χ0) is 15.0. The van der Waals surface area contributed by atoms with E-state index in [1.165, 1.54) is 17.1 Å². The highest BCUT2D eigenvalue weighted by Gasteiger charge is 2.15. The molecule has 0 saturated carbocycles. The summed E-state index contributed by atoms with van der Waals surface area (Å²) in [6.45, 7) is 0. The number of halogens is 4. The van der Waals surface area contributed by atoms with Crippen molar-refractivity contribution >= 4 is 39.1 Å². The van der Waals surface area contributed by atoms with Gasteiger partial charge >= 0.3 is 0 Å². The molecule has 0 aliphatic heterocycles. The van der Waals surface area contributed by atoms with Crippen LogP contribution in [0.2, 0.25) is 10.0 Å². The highest BCUT2D eigenvalue weighted by molar-refractivity contribution is 9.10. The first-order chi connectivity index (χ1) is 10.1. The monoisotopic (exact) mass is 385 g/mol. The molecule has 1 aromatic heterocycles. The number of rotatable bonds is 2. The van der Waals surface area contributed by atoms with Gasteiger partial charge in [-0.2, -0.15) is 5.10 Å². The third kappa shape index (κ3) is 2.81. The number of hydrogen-bond acceptors (Lipinski definition) is 2. The largest absolute Gasteiger partial charge is 0.215 e. The zero-order valence-corrected chi connectivity index (χ0v) is 13.5. The molecule has 7 heteroatoms. The smallest absolute Gasteiger partial charge is 0.164 e. The van der Waals surface area contributed by atoms with E-state index in [1.807, 2.05) is 0 Å².